The van der Waals surface area contributed by atoms with Crippen molar-refractivity contribution in [2.45, 2.75) is 88.8 Å². The highest BCUT2D eigenvalue weighted by molar-refractivity contribution is 5.06. The van der Waals surface area contributed by atoms with Crippen LogP contribution in [-0.2, 0) is 0 Å². The first-order valence-corrected chi connectivity index (χ1v) is 9.32. The lowest BCUT2D eigenvalue weighted by Crippen LogP contribution is -2.67. The van der Waals surface area contributed by atoms with Gasteiger partial charge in [0.1, 0.15) is 0 Å². The van der Waals surface area contributed by atoms with E-state index in [2.05, 4.69) is 17.1 Å². The second kappa shape index (κ2) is 5.28. The Labute approximate surface area is 124 Å². The average Bonchev–Trinajstić information content (AvgIpc) is 3.35. The smallest absolute Gasteiger partial charge is 0.0309 e. The quantitative estimate of drug-likeness (QED) is 0.844. The predicted octanol–water partition coefficient (Wildman–Crippen LogP) is 3.56. The topological polar surface area (TPSA) is 15.3 Å². The number of nitrogens with one attached hydrogen (secondary N) is 1. The normalized spacial score (nSPS) is 34.8. The van der Waals surface area contributed by atoms with Crippen LogP contribution in [0.2, 0.25) is 0 Å². The first kappa shape index (κ1) is 13.6. The van der Waals surface area contributed by atoms with Crippen LogP contribution in [-0.4, -0.2) is 35.6 Å². The van der Waals surface area contributed by atoms with Crippen LogP contribution in [0.5, 0.6) is 0 Å². The molecule has 0 aromatic heterocycles. The van der Waals surface area contributed by atoms with E-state index in [9.17, 15) is 0 Å². The molecule has 4 rings (SSSR count). The van der Waals surface area contributed by atoms with Gasteiger partial charge in [-0.15, -0.1) is 0 Å². The summed E-state index contributed by atoms with van der Waals surface area (Å²) < 4.78 is 0. The van der Waals surface area contributed by atoms with Gasteiger partial charge < -0.3 is 5.32 Å². The van der Waals surface area contributed by atoms with Crippen molar-refractivity contribution in [3.63, 3.8) is 0 Å². The Morgan fingerprint density at radius 1 is 1.05 bits per heavy atom. The van der Waals surface area contributed by atoms with Crippen LogP contribution in [0.25, 0.3) is 0 Å². The van der Waals surface area contributed by atoms with Crippen LogP contribution in [0, 0.1) is 11.8 Å². The molecule has 3 aliphatic carbocycles. The van der Waals surface area contributed by atoms with Crippen molar-refractivity contribution >= 4 is 0 Å². The molecule has 1 saturated heterocycles. The molecule has 20 heavy (non-hydrogen) atoms. The van der Waals surface area contributed by atoms with Gasteiger partial charge in [-0.3, -0.25) is 4.90 Å². The number of hydrogen-bond acceptors (Lipinski definition) is 2. The Balaban J connectivity index is 1.53. The van der Waals surface area contributed by atoms with Gasteiger partial charge in [0.2, 0.25) is 0 Å². The van der Waals surface area contributed by atoms with Crippen molar-refractivity contribution in [1.82, 2.24) is 10.2 Å². The standard InChI is InChI=1S/C18H32N2/c1-2-16-12-19-18(10-4-3-5-11-18)13-20(16)17(14-6-7-14)15-8-9-15/h14-17,19H,2-13H2,1H3. The Hall–Kier alpha value is -0.0800. The molecule has 1 aliphatic heterocycles. The number of hydrogen-bond donors (Lipinski definition) is 1. The lowest BCUT2D eigenvalue weighted by atomic mass is 9.78. The van der Waals surface area contributed by atoms with E-state index in [1.54, 1.807) is 0 Å². The minimum Gasteiger partial charge on any atom is -0.308 e. The molecule has 0 aromatic rings. The maximum Gasteiger partial charge on any atom is 0.0309 e. The van der Waals surface area contributed by atoms with Gasteiger partial charge in [-0.05, 0) is 56.8 Å². The van der Waals surface area contributed by atoms with Crippen LogP contribution < -0.4 is 5.32 Å². The summed E-state index contributed by atoms with van der Waals surface area (Å²) in [7, 11) is 0. The van der Waals surface area contributed by atoms with E-state index in [0.717, 1.165) is 23.9 Å². The predicted molar refractivity (Wildman–Crippen MR) is 83.8 cm³/mol. The molecule has 2 heteroatoms. The summed E-state index contributed by atoms with van der Waals surface area (Å²) >= 11 is 0. The molecule has 1 spiro atoms. The largest absolute Gasteiger partial charge is 0.308 e. The minimum atomic E-state index is 0.492. The summed E-state index contributed by atoms with van der Waals surface area (Å²) in [5.41, 5.74) is 0.492. The fourth-order valence-corrected chi connectivity index (χ4v) is 5.08. The van der Waals surface area contributed by atoms with Crippen LogP contribution in [0.3, 0.4) is 0 Å². The maximum absolute atomic E-state index is 4.00. The molecule has 2 nitrogen and oxygen atoms in total. The molecule has 0 radical (unpaired) electrons. The summed E-state index contributed by atoms with van der Waals surface area (Å²) in [6, 6.07) is 1.77. The van der Waals surface area contributed by atoms with Crippen LogP contribution in [0.15, 0.2) is 0 Å². The van der Waals surface area contributed by atoms with Gasteiger partial charge in [0.05, 0.1) is 0 Å². The highest BCUT2D eigenvalue weighted by Crippen LogP contribution is 2.49. The lowest BCUT2D eigenvalue weighted by molar-refractivity contribution is 0.00792. The SMILES string of the molecule is CCC1CNC2(CCCCC2)CN1C(C1CC1)C1CC1. The maximum atomic E-state index is 4.00. The Bertz CT molecular complexity index is 327. The molecule has 4 fully saturated rings. The molecule has 1 N–H and O–H groups in total. The van der Waals surface area contributed by atoms with Crippen LogP contribution in [0.1, 0.15) is 71.1 Å². The third-order valence-corrected chi connectivity index (χ3v) is 6.54. The molecule has 0 aromatic carbocycles. The van der Waals surface area contributed by atoms with E-state index in [1.165, 1.54) is 77.3 Å². The number of rotatable bonds is 4. The Morgan fingerprint density at radius 3 is 2.25 bits per heavy atom. The number of nitrogens with zero attached hydrogens (tertiary/aromatic N) is 1. The highest BCUT2D eigenvalue weighted by Gasteiger charge is 2.50. The lowest BCUT2D eigenvalue weighted by Gasteiger charge is -2.52. The average molecular weight is 276 g/mol. The van der Waals surface area contributed by atoms with Crippen molar-refractivity contribution in [2.75, 3.05) is 13.1 Å². The fourth-order valence-electron chi connectivity index (χ4n) is 5.08. The van der Waals surface area contributed by atoms with Gasteiger partial charge in [0.25, 0.3) is 0 Å². The van der Waals surface area contributed by atoms with Gasteiger partial charge >= 0.3 is 0 Å². The third-order valence-electron chi connectivity index (χ3n) is 6.54. The molecule has 1 unspecified atom stereocenters. The second-order valence-corrected chi connectivity index (χ2v) is 8.12. The first-order valence-electron chi connectivity index (χ1n) is 9.32. The minimum absolute atomic E-state index is 0.492. The summed E-state index contributed by atoms with van der Waals surface area (Å²) in [5, 5.41) is 4.00. The third kappa shape index (κ3) is 2.54. The van der Waals surface area contributed by atoms with Gasteiger partial charge in [-0.2, -0.15) is 0 Å². The Morgan fingerprint density at radius 2 is 1.70 bits per heavy atom. The zero-order valence-corrected chi connectivity index (χ0v) is 13.2. The molecular formula is C18H32N2. The van der Waals surface area contributed by atoms with Crippen molar-refractivity contribution in [1.29, 1.82) is 0 Å². The van der Waals surface area contributed by atoms with Gasteiger partial charge in [0, 0.05) is 30.7 Å². The molecule has 1 heterocycles. The zero-order valence-electron chi connectivity index (χ0n) is 13.2. The molecule has 4 aliphatic rings. The van der Waals surface area contributed by atoms with E-state index in [0.29, 0.717) is 5.54 Å². The summed E-state index contributed by atoms with van der Waals surface area (Å²) in [4.78, 5) is 3.01. The van der Waals surface area contributed by atoms with E-state index in [4.69, 9.17) is 0 Å². The van der Waals surface area contributed by atoms with E-state index in [1.807, 2.05) is 0 Å². The van der Waals surface area contributed by atoms with Crippen LogP contribution in [0.4, 0.5) is 0 Å². The van der Waals surface area contributed by atoms with E-state index < -0.39 is 0 Å². The first-order chi connectivity index (χ1) is 9.81. The fraction of sp³-hybridized carbons (Fsp3) is 1.00. The molecule has 1 atom stereocenters. The van der Waals surface area contributed by atoms with Gasteiger partial charge in [-0.1, -0.05) is 26.2 Å². The molecule has 0 amide bonds. The zero-order chi connectivity index (χ0) is 13.6. The van der Waals surface area contributed by atoms with E-state index in [-0.39, 0.29) is 0 Å². The van der Waals surface area contributed by atoms with Crippen molar-refractivity contribution in [3.8, 4) is 0 Å². The monoisotopic (exact) mass is 276 g/mol. The highest BCUT2D eigenvalue weighted by atomic mass is 15.3. The van der Waals surface area contributed by atoms with E-state index >= 15 is 0 Å². The van der Waals surface area contributed by atoms with Gasteiger partial charge in [-0.25, -0.2) is 0 Å². The van der Waals surface area contributed by atoms with Crippen molar-refractivity contribution in [3.05, 3.63) is 0 Å². The van der Waals surface area contributed by atoms with Crippen molar-refractivity contribution < 1.29 is 0 Å². The number of piperazine rings is 1. The summed E-state index contributed by atoms with van der Waals surface area (Å²) in [6.07, 6.45) is 14.7. The van der Waals surface area contributed by atoms with Crippen molar-refractivity contribution in [2.24, 2.45) is 11.8 Å². The molecule has 0 bridgehead atoms. The second-order valence-electron chi connectivity index (χ2n) is 8.12. The summed E-state index contributed by atoms with van der Waals surface area (Å²) in [5.74, 6) is 2.13. The summed E-state index contributed by atoms with van der Waals surface area (Å²) in [6.45, 7) is 5.02. The molecule has 3 saturated carbocycles. The van der Waals surface area contributed by atoms with Gasteiger partial charge in [0.15, 0.2) is 0 Å². The molecule has 114 valence electrons. The van der Waals surface area contributed by atoms with Crippen LogP contribution >= 0.6 is 0 Å². The molecular weight excluding hydrogens is 244 g/mol. The Kier molecular flexibility index (Phi) is 3.58.